The fourth-order valence-corrected chi connectivity index (χ4v) is 2.97. The number of nitrogen functional groups attached to an aromatic ring is 1. The molecule has 0 atom stereocenters. The Morgan fingerprint density at radius 3 is 2.54 bits per heavy atom. The Morgan fingerprint density at radius 1 is 1.12 bits per heavy atom. The first-order chi connectivity index (χ1) is 11.6. The Balaban J connectivity index is 1.70. The molecule has 4 N–H and O–H groups in total. The maximum Gasteiger partial charge on any atom is 0.173 e. The maximum absolute atomic E-state index is 6.30. The van der Waals surface area contributed by atoms with Gasteiger partial charge in [0.15, 0.2) is 11.6 Å². The molecule has 0 amide bonds. The monoisotopic (exact) mass is 327 g/mol. The first-order valence-corrected chi connectivity index (χ1v) is 8.24. The van der Waals surface area contributed by atoms with E-state index in [9.17, 15) is 0 Å². The van der Waals surface area contributed by atoms with Gasteiger partial charge in [-0.2, -0.15) is 0 Å². The van der Waals surface area contributed by atoms with Crippen LogP contribution in [0.5, 0.6) is 0 Å². The van der Waals surface area contributed by atoms with E-state index in [1.54, 1.807) is 6.33 Å². The first kappa shape index (κ1) is 16.3. The molecule has 1 aliphatic rings. The number of hydrazine groups is 1. The van der Waals surface area contributed by atoms with Gasteiger partial charge in [0.25, 0.3) is 0 Å². The van der Waals surface area contributed by atoms with Crippen LogP contribution in [0.25, 0.3) is 0 Å². The standard InChI is InChI=1S/C17H25N7/c1-23-10-8-14(9-11-23)24(2)17-15(18)16(19-12-20-17)22-21-13-6-4-3-5-7-13/h3-7,12,14,21H,8-11,18H2,1-2H3,(H,19,20,22). The van der Waals surface area contributed by atoms with Gasteiger partial charge in [0, 0.05) is 13.1 Å². The molecule has 0 aliphatic carbocycles. The highest BCUT2D eigenvalue weighted by molar-refractivity contribution is 5.75. The predicted molar refractivity (Wildman–Crippen MR) is 99.1 cm³/mol. The van der Waals surface area contributed by atoms with Crippen molar-refractivity contribution >= 4 is 23.0 Å². The van der Waals surface area contributed by atoms with Gasteiger partial charge in [-0.15, -0.1) is 0 Å². The number of benzene rings is 1. The van der Waals surface area contributed by atoms with E-state index in [4.69, 9.17) is 5.73 Å². The van der Waals surface area contributed by atoms with Gasteiger partial charge < -0.3 is 15.5 Å². The molecule has 0 unspecified atom stereocenters. The molecule has 3 rings (SSSR count). The second-order valence-corrected chi connectivity index (χ2v) is 6.22. The van der Waals surface area contributed by atoms with Crippen molar-refractivity contribution in [1.29, 1.82) is 0 Å². The minimum absolute atomic E-state index is 0.452. The number of nitrogens with zero attached hydrogens (tertiary/aromatic N) is 4. The van der Waals surface area contributed by atoms with Crippen molar-refractivity contribution in [3.63, 3.8) is 0 Å². The minimum Gasteiger partial charge on any atom is -0.393 e. The summed E-state index contributed by atoms with van der Waals surface area (Å²) in [4.78, 5) is 13.2. The molecule has 1 aromatic heterocycles. The first-order valence-electron chi connectivity index (χ1n) is 8.24. The summed E-state index contributed by atoms with van der Waals surface area (Å²) in [5.74, 6) is 1.36. The lowest BCUT2D eigenvalue weighted by atomic mass is 10.0. The molecule has 0 bridgehead atoms. The van der Waals surface area contributed by atoms with E-state index in [1.165, 1.54) is 0 Å². The lowest BCUT2D eigenvalue weighted by Crippen LogP contribution is -2.42. The predicted octanol–water partition coefficient (Wildman–Crippen LogP) is 2.03. The van der Waals surface area contributed by atoms with Gasteiger partial charge in [0.05, 0.1) is 5.69 Å². The van der Waals surface area contributed by atoms with E-state index >= 15 is 0 Å². The number of hydrogen-bond acceptors (Lipinski definition) is 7. The van der Waals surface area contributed by atoms with Crippen LogP contribution in [0.2, 0.25) is 0 Å². The van der Waals surface area contributed by atoms with E-state index < -0.39 is 0 Å². The zero-order valence-corrected chi connectivity index (χ0v) is 14.2. The van der Waals surface area contributed by atoms with Crippen molar-refractivity contribution in [3.8, 4) is 0 Å². The molecule has 1 aromatic carbocycles. The number of anilines is 4. The molecule has 0 saturated carbocycles. The van der Waals surface area contributed by atoms with Crippen molar-refractivity contribution in [2.45, 2.75) is 18.9 Å². The summed E-state index contributed by atoms with van der Waals surface area (Å²) >= 11 is 0. The van der Waals surface area contributed by atoms with Gasteiger partial charge in [0.2, 0.25) is 0 Å². The van der Waals surface area contributed by atoms with Gasteiger partial charge >= 0.3 is 0 Å². The molecule has 7 heteroatoms. The smallest absolute Gasteiger partial charge is 0.173 e. The van der Waals surface area contributed by atoms with E-state index in [0.717, 1.165) is 37.4 Å². The normalized spacial score (nSPS) is 15.9. The number of aromatic nitrogens is 2. The average Bonchev–Trinajstić information content (AvgIpc) is 2.62. The molecule has 1 aliphatic heterocycles. The zero-order valence-electron chi connectivity index (χ0n) is 14.2. The Labute approximate surface area is 142 Å². The number of para-hydroxylation sites is 1. The molecule has 1 saturated heterocycles. The third kappa shape index (κ3) is 3.68. The summed E-state index contributed by atoms with van der Waals surface area (Å²) in [6.45, 7) is 2.20. The number of likely N-dealkylation sites (tertiary alicyclic amines) is 1. The van der Waals surface area contributed by atoms with Crippen molar-refractivity contribution in [2.24, 2.45) is 0 Å². The van der Waals surface area contributed by atoms with Crippen LogP contribution in [0.15, 0.2) is 36.7 Å². The van der Waals surface area contributed by atoms with Crippen LogP contribution >= 0.6 is 0 Å². The summed E-state index contributed by atoms with van der Waals surface area (Å²) in [5.41, 5.74) is 14.0. The molecule has 7 nitrogen and oxygen atoms in total. The number of nitrogens with two attached hydrogens (primary N) is 1. The highest BCUT2D eigenvalue weighted by Crippen LogP contribution is 2.29. The van der Waals surface area contributed by atoms with Gasteiger partial charge in [-0.3, -0.25) is 10.9 Å². The highest BCUT2D eigenvalue weighted by Gasteiger charge is 2.23. The fraction of sp³-hybridized carbons (Fsp3) is 0.412. The van der Waals surface area contributed by atoms with Crippen LogP contribution < -0.4 is 21.5 Å². The van der Waals surface area contributed by atoms with E-state index in [0.29, 0.717) is 17.5 Å². The van der Waals surface area contributed by atoms with Crippen LogP contribution in [-0.4, -0.2) is 48.1 Å². The fourth-order valence-electron chi connectivity index (χ4n) is 2.97. The third-order valence-corrected chi connectivity index (χ3v) is 4.53. The molecular formula is C17H25N7. The van der Waals surface area contributed by atoms with E-state index in [1.807, 2.05) is 30.3 Å². The Hall–Kier alpha value is -2.54. The molecule has 2 heterocycles. The molecule has 1 fully saturated rings. The molecule has 2 aromatic rings. The number of hydrogen-bond donors (Lipinski definition) is 3. The van der Waals surface area contributed by atoms with Gasteiger partial charge in [-0.1, -0.05) is 18.2 Å². The van der Waals surface area contributed by atoms with Crippen LogP contribution in [0.1, 0.15) is 12.8 Å². The summed E-state index contributed by atoms with van der Waals surface area (Å²) in [6, 6.07) is 10.3. The van der Waals surface area contributed by atoms with Gasteiger partial charge in [-0.05, 0) is 45.1 Å². The third-order valence-electron chi connectivity index (χ3n) is 4.53. The number of piperidine rings is 1. The maximum atomic E-state index is 6.30. The Kier molecular flexibility index (Phi) is 5.00. The molecule has 128 valence electrons. The summed E-state index contributed by atoms with van der Waals surface area (Å²) < 4.78 is 0. The quantitative estimate of drug-likeness (QED) is 0.725. The van der Waals surface area contributed by atoms with Gasteiger partial charge in [0.1, 0.15) is 12.0 Å². The largest absolute Gasteiger partial charge is 0.393 e. The zero-order chi connectivity index (χ0) is 16.9. The summed E-state index contributed by atoms with van der Waals surface area (Å²) in [6.07, 6.45) is 3.77. The van der Waals surface area contributed by atoms with E-state index in [2.05, 4.69) is 44.7 Å². The van der Waals surface area contributed by atoms with Crippen molar-refractivity contribution in [1.82, 2.24) is 14.9 Å². The Bertz CT molecular complexity index is 653. The molecular weight excluding hydrogens is 302 g/mol. The lowest BCUT2D eigenvalue weighted by molar-refractivity contribution is 0.252. The van der Waals surface area contributed by atoms with Crippen molar-refractivity contribution in [3.05, 3.63) is 36.7 Å². The van der Waals surface area contributed by atoms with Gasteiger partial charge in [-0.25, -0.2) is 9.97 Å². The number of rotatable bonds is 5. The van der Waals surface area contributed by atoms with Crippen LogP contribution in [0.3, 0.4) is 0 Å². The second-order valence-electron chi connectivity index (χ2n) is 6.22. The summed E-state index contributed by atoms with van der Waals surface area (Å²) in [7, 11) is 4.22. The minimum atomic E-state index is 0.452. The number of nitrogens with one attached hydrogen (secondary N) is 2. The van der Waals surface area contributed by atoms with Crippen LogP contribution in [0, 0.1) is 0 Å². The SMILES string of the molecule is CN1CCC(N(C)c2ncnc(NNc3ccccc3)c2N)CC1. The highest BCUT2D eigenvalue weighted by atomic mass is 15.4. The van der Waals surface area contributed by atoms with Crippen LogP contribution in [0.4, 0.5) is 23.0 Å². The molecule has 24 heavy (non-hydrogen) atoms. The second kappa shape index (κ2) is 7.35. The average molecular weight is 327 g/mol. The summed E-state index contributed by atoms with van der Waals surface area (Å²) in [5, 5.41) is 0. The topological polar surface area (TPSA) is 82.3 Å². The van der Waals surface area contributed by atoms with Crippen LogP contribution in [-0.2, 0) is 0 Å². The molecule has 0 radical (unpaired) electrons. The Morgan fingerprint density at radius 2 is 1.83 bits per heavy atom. The van der Waals surface area contributed by atoms with E-state index in [-0.39, 0.29) is 0 Å². The van der Waals surface area contributed by atoms with Crippen molar-refractivity contribution in [2.75, 3.05) is 48.7 Å². The van der Waals surface area contributed by atoms with Crippen molar-refractivity contribution < 1.29 is 0 Å². The molecule has 0 spiro atoms. The lowest BCUT2D eigenvalue weighted by Gasteiger charge is -2.36.